The SMILES string of the molecule is COc1cc(CNCCO)c(Br)cc1OCc1ccccc1Cl. The minimum atomic E-state index is 0.105. The zero-order valence-corrected chi connectivity index (χ0v) is 15.2. The fraction of sp³-hybridized carbons (Fsp3) is 0.294. The Morgan fingerprint density at radius 1 is 1.17 bits per heavy atom. The number of benzene rings is 2. The highest BCUT2D eigenvalue weighted by Crippen LogP contribution is 2.34. The standard InChI is InChI=1S/C17H19BrClNO3/c1-22-16-8-13(10-20-6-7-21)14(18)9-17(16)23-11-12-4-2-3-5-15(12)19/h2-5,8-9,20-21H,6-7,10-11H2,1H3. The summed E-state index contributed by atoms with van der Waals surface area (Å²) in [6.45, 7) is 1.64. The summed E-state index contributed by atoms with van der Waals surface area (Å²) in [5.41, 5.74) is 1.95. The second-order valence-electron chi connectivity index (χ2n) is 4.87. The molecule has 0 fully saturated rings. The summed E-state index contributed by atoms with van der Waals surface area (Å²) in [4.78, 5) is 0. The molecule has 2 N–H and O–H groups in total. The predicted molar refractivity (Wildman–Crippen MR) is 95.3 cm³/mol. The molecule has 0 atom stereocenters. The molecular weight excluding hydrogens is 382 g/mol. The molecule has 4 nitrogen and oxygen atoms in total. The molecule has 0 saturated heterocycles. The molecule has 0 heterocycles. The van der Waals surface area contributed by atoms with Crippen molar-refractivity contribution >= 4 is 27.5 Å². The first-order valence-corrected chi connectivity index (χ1v) is 8.37. The fourth-order valence-electron chi connectivity index (χ4n) is 2.06. The minimum Gasteiger partial charge on any atom is -0.493 e. The van der Waals surface area contributed by atoms with Crippen molar-refractivity contribution in [1.29, 1.82) is 0 Å². The number of nitrogens with one attached hydrogen (secondary N) is 1. The van der Waals surface area contributed by atoms with Crippen LogP contribution in [0.3, 0.4) is 0 Å². The van der Waals surface area contributed by atoms with Crippen LogP contribution in [0.1, 0.15) is 11.1 Å². The summed E-state index contributed by atoms with van der Waals surface area (Å²) in [5, 5.41) is 12.6. The Kier molecular flexibility index (Phi) is 7.17. The number of hydrogen-bond donors (Lipinski definition) is 2. The molecule has 124 valence electrons. The maximum Gasteiger partial charge on any atom is 0.162 e. The third-order valence-electron chi connectivity index (χ3n) is 3.28. The molecule has 0 aromatic heterocycles. The summed E-state index contributed by atoms with van der Waals surface area (Å²) < 4.78 is 12.2. The van der Waals surface area contributed by atoms with Crippen molar-refractivity contribution in [2.75, 3.05) is 20.3 Å². The molecule has 2 aromatic rings. The van der Waals surface area contributed by atoms with Crippen molar-refractivity contribution in [2.24, 2.45) is 0 Å². The average Bonchev–Trinajstić information content (AvgIpc) is 2.56. The van der Waals surface area contributed by atoms with Crippen LogP contribution in [0.25, 0.3) is 0 Å². The van der Waals surface area contributed by atoms with E-state index in [9.17, 15) is 0 Å². The fourth-order valence-corrected chi connectivity index (χ4v) is 2.71. The lowest BCUT2D eigenvalue weighted by Crippen LogP contribution is -2.17. The first-order chi connectivity index (χ1) is 11.2. The molecule has 2 aromatic carbocycles. The molecule has 0 saturated carbocycles. The van der Waals surface area contributed by atoms with Crippen molar-refractivity contribution in [2.45, 2.75) is 13.2 Å². The second kappa shape index (κ2) is 9.13. The lowest BCUT2D eigenvalue weighted by molar-refractivity contribution is 0.283. The zero-order chi connectivity index (χ0) is 16.7. The Hall–Kier alpha value is -1.27. The Morgan fingerprint density at radius 3 is 2.65 bits per heavy atom. The quantitative estimate of drug-likeness (QED) is 0.662. The zero-order valence-electron chi connectivity index (χ0n) is 12.8. The highest BCUT2D eigenvalue weighted by molar-refractivity contribution is 9.10. The van der Waals surface area contributed by atoms with Gasteiger partial charge in [0.15, 0.2) is 11.5 Å². The van der Waals surface area contributed by atoms with E-state index in [-0.39, 0.29) is 6.61 Å². The Bertz CT molecular complexity index is 652. The Morgan fingerprint density at radius 2 is 1.96 bits per heavy atom. The van der Waals surface area contributed by atoms with Crippen LogP contribution < -0.4 is 14.8 Å². The van der Waals surface area contributed by atoms with Gasteiger partial charge in [-0.1, -0.05) is 45.7 Å². The van der Waals surface area contributed by atoms with Crippen molar-refractivity contribution in [3.8, 4) is 11.5 Å². The lowest BCUT2D eigenvalue weighted by atomic mass is 10.2. The van der Waals surface area contributed by atoms with Gasteiger partial charge < -0.3 is 19.9 Å². The first-order valence-electron chi connectivity index (χ1n) is 7.20. The summed E-state index contributed by atoms with van der Waals surface area (Å²) in [6, 6.07) is 11.4. The van der Waals surface area contributed by atoms with Gasteiger partial charge in [0.25, 0.3) is 0 Å². The van der Waals surface area contributed by atoms with E-state index in [1.54, 1.807) is 7.11 Å². The number of hydrogen-bond acceptors (Lipinski definition) is 4. The van der Waals surface area contributed by atoms with Gasteiger partial charge in [0.1, 0.15) is 6.61 Å². The van der Waals surface area contributed by atoms with Gasteiger partial charge in [0, 0.05) is 28.1 Å². The van der Waals surface area contributed by atoms with E-state index >= 15 is 0 Å². The van der Waals surface area contributed by atoms with E-state index in [1.807, 2.05) is 36.4 Å². The van der Waals surface area contributed by atoms with Crippen LogP contribution in [0.4, 0.5) is 0 Å². The van der Waals surface area contributed by atoms with Crippen LogP contribution >= 0.6 is 27.5 Å². The highest BCUT2D eigenvalue weighted by Gasteiger charge is 2.11. The van der Waals surface area contributed by atoms with E-state index in [4.69, 9.17) is 26.2 Å². The molecule has 23 heavy (non-hydrogen) atoms. The van der Waals surface area contributed by atoms with Crippen molar-refractivity contribution < 1.29 is 14.6 Å². The van der Waals surface area contributed by atoms with Gasteiger partial charge in [-0.25, -0.2) is 0 Å². The van der Waals surface area contributed by atoms with Crippen LogP contribution in [-0.4, -0.2) is 25.4 Å². The maximum atomic E-state index is 8.83. The van der Waals surface area contributed by atoms with Crippen LogP contribution in [-0.2, 0) is 13.2 Å². The monoisotopic (exact) mass is 399 g/mol. The molecule has 0 aliphatic rings. The van der Waals surface area contributed by atoms with Gasteiger partial charge in [0.2, 0.25) is 0 Å². The third-order valence-corrected chi connectivity index (χ3v) is 4.38. The lowest BCUT2D eigenvalue weighted by Gasteiger charge is -2.15. The van der Waals surface area contributed by atoms with Gasteiger partial charge in [-0.05, 0) is 23.8 Å². The largest absolute Gasteiger partial charge is 0.493 e. The molecule has 0 amide bonds. The van der Waals surface area contributed by atoms with E-state index in [2.05, 4.69) is 21.2 Å². The molecule has 0 aliphatic carbocycles. The minimum absolute atomic E-state index is 0.105. The molecule has 6 heteroatoms. The van der Waals surface area contributed by atoms with E-state index < -0.39 is 0 Å². The highest BCUT2D eigenvalue weighted by atomic mass is 79.9. The van der Waals surface area contributed by atoms with Gasteiger partial charge in [-0.2, -0.15) is 0 Å². The number of aliphatic hydroxyl groups is 1. The summed E-state index contributed by atoms with van der Waals surface area (Å²) in [6.07, 6.45) is 0. The molecule has 0 spiro atoms. The number of halogens is 2. The van der Waals surface area contributed by atoms with Gasteiger partial charge >= 0.3 is 0 Å². The van der Waals surface area contributed by atoms with E-state index in [0.29, 0.717) is 36.2 Å². The van der Waals surface area contributed by atoms with E-state index in [1.165, 1.54) is 0 Å². The molecule has 0 bridgehead atoms. The van der Waals surface area contributed by atoms with Crippen molar-refractivity contribution in [3.05, 3.63) is 57.0 Å². The van der Waals surface area contributed by atoms with Gasteiger partial charge in [-0.3, -0.25) is 0 Å². The summed E-state index contributed by atoms with van der Waals surface area (Å²) >= 11 is 9.68. The Balaban J connectivity index is 2.12. The van der Waals surface area contributed by atoms with E-state index in [0.717, 1.165) is 15.6 Å². The second-order valence-corrected chi connectivity index (χ2v) is 6.14. The van der Waals surface area contributed by atoms with Gasteiger partial charge in [0.05, 0.1) is 13.7 Å². The normalized spacial score (nSPS) is 10.6. The van der Waals surface area contributed by atoms with Crippen molar-refractivity contribution in [1.82, 2.24) is 5.32 Å². The smallest absolute Gasteiger partial charge is 0.162 e. The number of ether oxygens (including phenoxy) is 2. The molecule has 0 aliphatic heterocycles. The number of rotatable bonds is 8. The molecule has 2 rings (SSSR count). The maximum absolute atomic E-state index is 8.83. The Labute approximate surface area is 149 Å². The average molecular weight is 401 g/mol. The predicted octanol–water partition coefficient (Wildman–Crippen LogP) is 3.77. The van der Waals surface area contributed by atoms with Crippen LogP contribution in [0.5, 0.6) is 11.5 Å². The first kappa shape index (κ1) is 18.1. The molecule has 0 unspecified atom stereocenters. The summed E-state index contributed by atoms with van der Waals surface area (Å²) in [5.74, 6) is 1.30. The van der Waals surface area contributed by atoms with Crippen LogP contribution in [0.15, 0.2) is 40.9 Å². The summed E-state index contributed by atoms with van der Waals surface area (Å²) in [7, 11) is 1.61. The molecular formula is C17H19BrClNO3. The van der Waals surface area contributed by atoms with Gasteiger partial charge in [-0.15, -0.1) is 0 Å². The number of methoxy groups -OCH3 is 1. The van der Waals surface area contributed by atoms with Crippen molar-refractivity contribution in [3.63, 3.8) is 0 Å². The third kappa shape index (κ3) is 5.11. The number of aliphatic hydroxyl groups excluding tert-OH is 1. The van der Waals surface area contributed by atoms with Crippen LogP contribution in [0.2, 0.25) is 5.02 Å². The topological polar surface area (TPSA) is 50.7 Å². The van der Waals surface area contributed by atoms with Crippen LogP contribution in [0, 0.1) is 0 Å². The molecule has 0 radical (unpaired) electrons.